The molecule has 5 heteroatoms. The van der Waals surface area contributed by atoms with Gasteiger partial charge in [-0.3, -0.25) is 0 Å². The standard InChI is InChI=1S/C10H5F3O2/c11-4-1-6-5(8(14)2-4)3-7(12)9(13)10(6)15/h1-3,14-15H. The summed E-state index contributed by atoms with van der Waals surface area (Å²) in [7, 11) is 0. The van der Waals surface area contributed by atoms with Crippen molar-refractivity contribution in [3.8, 4) is 11.5 Å². The molecule has 0 bridgehead atoms. The number of aromatic hydroxyl groups is 2. The first-order chi connectivity index (χ1) is 7.00. The van der Waals surface area contributed by atoms with Crippen molar-refractivity contribution in [3.05, 3.63) is 35.7 Å². The van der Waals surface area contributed by atoms with Gasteiger partial charge in [0.05, 0.1) is 0 Å². The van der Waals surface area contributed by atoms with E-state index in [1.165, 1.54) is 0 Å². The molecule has 2 aromatic carbocycles. The summed E-state index contributed by atoms with van der Waals surface area (Å²) in [5.41, 5.74) is 0. The van der Waals surface area contributed by atoms with Crippen LogP contribution in [0.3, 0.4) is 0 Å². The summed E-state index contributed by atoms with van der Waals surface area (Å²) >= 11 is 0. The van der Waals surface area contributed by atoms with Gasteiger partial charge in [0, 0.05) is 16.8 Å². The Morgan fingerprint density at radius 1 is 0.867 bits per heavy atom. The zero-order chi connectivity index (χ0) is 11.2. The second-order valence-corrected chi connectivity index (χ2v) is 3.04. The molecule has 2 rings (SSSR count). The minimum atomic E-state index is -1.47. The average Bonchev–Trinajstić information content (AvgIpc) is 2.17. The fraction of sp³-hybridized carbons (Fsp3) is 0. The molecule has 2 N–H and O–H groups in total. The number of rotatable bonds is 0. The number of benzene rings is 2. The molecule has 0 amide bonds. The number of hydrogen-bond donors (Lipinski definition) is 2. The summed E-state index contributed by atoms with van der Waals surface area (Å²) in [5, 5.41) is 18.0. The van der Waals surface area contributed by atoms with E-state index in [1.807, 2.05) is 0 Å². The molecule has 2 nitrogen and oxygen atoms in total. The predicted molar refractivity (Wildman–Crippen MR) is 47.2 cm³/mol. The van der Waals surface area contributed by atoms with Crippen molar-refractivity contribution in [1.82, 2.24) is 0 Å². The van der Waals surface area contributed by atoms with Crippen LogP contribution in [-0.4, -0.2) is 10.2 Å². The van der Waals surface area contributed by atoms with Crippen molar-refractivity contribution < 1.29 is 23.4 Å². The fourth-order valence-corrected chi connectivity index (χ4v) is 1.37. The van der Waals surface area contributed by atoms with Crippen LogP contribution in [0, 0.1) is 17.5 Å². The SMILES string of the molecule is Oc1cc(F)cc2c(O)c(F)c(F)cc12. The lowest BCUT2D eigenvalue weighted by Crippen LogP contribution is -1.88. The van der Waals surface area contributed by atoms with E-state index >= 15 is 0 Å². The lowest BCUT2D eigenvalue weighted by molar-refractivity contribution is 0.412. The molecule has 0 saturated heterocycles. The molecule has 78 valence electrons. The molecular formula is C10H5F3O2. The number of phenols is 2. The Hall–Kier alpha value is -1.91. The van der Waals surface area contributed by atoms with E-state index in [-0.39, 0.29) is 10.8 Å². The van der Waals surface area contributed by atoms with Crippen LogP contribution in [0.25, 0.3) is 10.8 Å². The molecule has 2 aromatic rings. The van der Waals surface area contributed by atoms with E-state index in [0.29, 0.717) is 6.07 Å². The third kappa shape index (κ3) is 1.36. The van der Waals surface area contributed by atoms with Gasteiger partial charge in [-0.1, -0.05) is 0 Å². The van der Waals surface area contributed by atoms with Crippen molar-refractivity contribution in [1.29, 1.82) is 0 Å². The van der Waals surface area contributed by atoms with Crippen molar-refractivity contribution in [2.45, 2.75) is 0 Å². The summed E-state index contributed by atoms with van der Waals surface area (Å²) < 4.78 is 38.6. The topological polar surface area (TPSA) is 40.5 Å². The molecule has 0 saturated carbocycles. The minimum absolute atomic E-state index is 0.146. The second kappa shape index (κ2) is 3.05. The number of fused-ring (bicyclic) bond motifs is 1. The van der Waals surface area contributed by atoms with Gasteiger partial charge in [0.1, 0.15) is 11.6 Å². The Balaban J connectivity index is 2.98. The molecule has 0 aliphatic heterocycles. The molecule has 0 unspecified atom stereocenters. The Morgan fingerprint density at radius 3 is 2.20 bits per heavy atom. The maximum absolute atomic E-state index is 12.9. The third-order valence-corrected chi connectivity index (χ3v) is 2.07. The van der Waals surface area contributed by atoms with Gasteiger partial charge in [0.15, 0.2) is 11.6 Å². The van der Waals surface area contributed by atoms with E-state index in [9.17, 15) is 23.4 Å². The van der Waals surface area contributed by atoms with Crippen LogP contribution in [0.1, 0.15) is 0 Å². The van der Waals surface area contributed by atoms with E-state index in [1.54, 1.807) is 0 Å². The Labute approximate surface area is 82.2 Å². The van der Waals surface area contributed by atoms with Crippen LogP contribution in [-0.2, 0) is 0 Å². The van der Waals surface area contributed by atoms with Gasteiger partial charge in [-0.05, 0) is 12.1 Å². The van der Waals surface area contributed by atoms with Gasteiger partial charge in [-0.15, -0.1) is 0 Å². The highest BCUT2D eigenvalue weighted by atomic mass is 19.2. The monoisotopic (exact) mass is 214 g/mol. The van der Waals surface area contributed by atoms with Crippen LogP contribution < -0.4 is 0 Å². The highest BCUT2D eigenvalue weighted by molar-refractivity contribution is 5.92. The van der Waals surface area contributed by atoms with E-state index < -0.39 is 29.0 Å². The van der Waals surface area contributed by atoms with E-state index in [0.717, 1.165) is 12.1 Å². The summed E-state index contributed by atoms with van der Waals surface area (Å²) in [5.74, 6) is -5.19. The van der Waals surface area contributed by atoms with Crippen molar-refractivity contribution >= 4 is 10.8 Å². The normalized spacial score (nSPS) is 10.9. The van der Waals surface area contributed by atoms with Gasteiger partial charge < -0.3 is 10.2 Å². The summed E-state index contributed by atoms with van der Waals surface area (Å²) in [6.07, 6.45) is 0. The molecule has 15 heavy (non-hydrogen) atoms. The first-order valence-electron chi connectivity index (χ1n) is 4.00. The van der Waals surface area contributed by atoms with E-state index in [4.69, 9.17) is 0 Å². The average molecular weight is 214 g/mol. The van der Waals surface area contributed by atoms with Crippen LogP contribution in [0.4, 0.5) is 13.2 Å². The van der Waals surface area contributed by atoms with Gasteiger partial charge in [-0.2, -0.15) is 4.39 Å². The van der Waals surface area contributed by atoms with Gasteiger partial charge in [-0.25, -0.2) is 8.78 Å². The molecule has 0 aliphatic carbocycles. The smallest absolute Gasteiger partial charge is 0.201 e. The zero-order valence-electron chi connectivity index (χ0n) is 7.26. The molecule has 0 heterocycles. The number of phenolic OH excluding ortho intramolecular Hbond substituents is 2. The largest absolute Gasteiger partial charge is 0.507 e. The summed E-state index contributed by atoms with van der Waals surface area (Å²) in [6, 6.07) is 2.26. The molecule has 0 radical (unpaired) electrons. The lowest BCUT2D eigenvalue weighted by Gasteiger charge is -2.05. The summed E-state index contributed by atoms with van der Waals surface area (Å²) in [4.78, 5) is 0. The van der Waals surface area contributed by atoms with Gasteiger partial charge >= 0.3 is 0 Å². The third-order valence-electron chi connectivity index (χ3n) is 2.07. The van der Waals surface area contributed by atoms with Crippen LogP contribution >= 0.6 is 0 Å². The Kier molecular flexibility index (Phi) is 1.96. The first-order valence-corrected chi connectivity index (χ1v) is 4.00. The Morgan fingerprint density at radius 2 is 1.53 bits per heavy atom. The van der Waals surface area contributed by atoms with Crippen molar-refractivity contribution in [2.24, 2.45) is 0 Å². The Bertz CT molecular complexity index is 552. The highest BCUT2D eigenvalue weighted by Crippen LogP contribution is 2.35. The van der Waals surface area contributed by atoms with Crippen LogP contribution in [0.5, 0.6) is 11.5 Å². The minimum Gasteiger partial charge on any atom is -0.507 e. The van der Waals surface area contributed by atoms with Crippen molar-refractivity contribution in [2.75, 3.05) is 0 Å². The zero-order valence-corrected chi connectivity index (χ0v) is 7.26. The van der Waals surface area contributed by atoms with Crippen LogP contribution in [0.15, 0.2) is 18.2 Å². The molecular weight excluding hydrogens is 209 g/mol. The number of halogens is 3. The number of hydrogen-bond acceptors (Lipinski definition) is 2. The maximum Gasteiger partial charge on any atom is 0.201 e. The first kappa shape index (κ1) is 9.64. The molecule has 0 atom stereocenters. The molecule has 0 aromatic heterocycles. The lowest BCUT2D eigenvalue weighted by atomic mass is 10.1. The second-order valence-electron chi connectivity index (χ2n) is 3.04. The maximum atomic E-state index is 12.9. The highest BCUT2D eigenvalue weighted by Gasteiger charge is 2.15. The quantitative estimate of drug-likeness (QED) is 0.707. The predicted octanol–water partition coefficient (Wildman–Crippen LogP) is 2.67. The van der Waals surface area contributed by atoms with E-state index in [2.05, 4.69) is 0 Å². The van der Waals surface area contributed by atoms with Gasteiger partial charge in [0.2, 0.25) is 5.82 Å². The molecule has 0 aliphatic rings. The summed E-state index contributed by atoms with van der Waals surface area (Å²) in [6.45, 7) is 0. The molecule has 0 spiro atoms. The van der Waals surface area contributed by atoms with Crippen LogP contribution in [0.2, 0.25) is 0 Å². The fourth-order valence-electron chi connectivity index (χ4n) is 1.37. The molecule has 0 fully saturated rings. The van der Waals surface area contributed by atoms with Gasteiger partial charge in [0.25, 0.3) is 0 Å². The van der Waals surface area contributed by atoms with Crippen molar-refractivity contribution in [3.63, 3.8) is 0 Å².